The van der Waals surface area contributed by atoms with Crippen LogP contribution in [0.1, 0.15) is 304 Å². The average Bonchev–Trinajstić information content (AvgIpc) is 3.24. The molecule has 0 radical (unpaired) electrons. The van der Waals surface area contributed by atoms with Crippen molar-refractivity contribution in [2.24, 2.45) is 11.8 Å². The highest BCUT2D eigenvalue weighted by Crippen LogP contribution is 2.18. The van der Waals surface area contributed by atoms with Crippen molar-refractivity contribution in [3.8, 4) is 0 Å². The van der Waals surface area contributed by atoms with Crippen molar-refractivity contribution in [3.05, 3.63) is 0 Å². The SMILES string of the molecule is CCCCCCCCCCCCCCCCCCCC(=O)OC[C@H](COC(=O)CCCCCCCCCCCC(C)C)OC(=O)CCCCCCCCCCCCC(C)CC. The second-order valence-electron chi connectivity index (χ2n) is 19.6. The van der Waals surface area contributed by atoms with Crippen molar-refractivity contribution >= 4 is 17.9 Å². The predicted octanol–water partition coefficient (Wildman–Crippen LogP) is 17.7. The molecule has 0 aliphatic carbocycles. The fourth-order valence-electron chi connectivity index (χ4n) is 8.31. The molecule has 61 heavy (non-hydrogen) atoms. The van der Waals surface area contributed by atoms with Crippen molar-refractivity contribution in [3.63, 3.8) is 0 Å². The molecule has 0 amide bonds. The normalized spacial score (nSPS) is 12.5. The molecule has 6 heteroatoms. The highest BCUT2D eigenvalue weighted by molar-refractivity contribution is 5.71. The zero-order chi connectivity index (χ0) is 44.7. The second kappa shape index (κ2) is 47.9. The van der Waals surface area contributed by atoms with Crippen molar-refractivity contribution in [2.75, 3.05) is 13.2 Å². The van der Waals surface area contributed by atoms with Gasteiger partial charge in [0.05, 0.1) is 0 Å². The van der Waals surface area contributed by atoms with Crippen LogP contribution in [0, 0.1) is 11.8 Å². The molecule has 0 aromatic carbocycles. The number of esters is 3. The lowest BCUT2D eigenvalue weighted by Crippen LogP contribution is -2.30. The fourth-order valence-corrected chi connectivity index (χ4v) is 8.31. The fraction of sp³-hybridized carbons (Fsp3) is 0.945. The van der Waals surface area contributed by atoms with Gasteiger partial charge in [0, 0.05) is 19.3 Å². The predicted molar refractivity (Wildman–Crippen MR) is 261 cm³/mol. The van der Waals surface area contributed by atoms with Gasteiger partial charge in [0.15, 0.2) is 6.10 Å². The van der Waals surface area contributed by atoms with Crippen LogP contribution in [-0.4, -0.2) is 37.2 Å². The lowest BCUT2D eigenvalue weighted by atomic mass is 9.99. The monoisotopic (exact) mass is 863 g/mol. The Morgan fingerprint density at radius 2 is 0.623 bits per heavy atom. The summed E-state index contributed by atoms with van der Waals surface area (Å²) in [7, 11) is 0. The Bertz CT molecular complexity index is 933. The third-order valence-corrected chi connectivity index (χ3v) is 12.8. The Morgan fingerprint density at radius 1 is 0.344 bits per heavy atom. The van der Waals surface area contributed by atoms with Crippen LogP contribution in [-0.2, 0) is 28.6 Å². The summed E-state index contributed by atoms with van der Waals surface area (Å²) >= 11 is 0. The first-order chi connectivity index (χ1) is 29.8. The van der Waals surface area contributed by atoms with Gasteiger partial charge in [0.2, 0.25) is 0 Å². The molecule has 0 aromatic heterocycles. The maximum atomic E-state index is 12.8. The minimum atomic E-state index is -0.762. The van der Waals surface area contributed by atoms with Crippen LogP contribution in [0.3, 0.4) is 0 Å². The summed E-state index contributed by atoms with van der Waals surface area (Å²) < 4.78 is 16.8. The first-order valence-electron chi connectivity index (χ1n) is 27.3. The van der Waals surface area contributed by atoms with E-state index >= 15 is 0 Å². The van der Waals surface area contributed by atoms with Gasteiger partial charge in [-0.25, -0.2) is 0 Å². The molecule has 0 heterocycles. The van der Waals surface area contributed by atoms with Crippen LogP contribution in [0.25, 0.3) is 0 Å². The van der Waals surface area contributed by atoms with E-state index in [1.54, 1.807) is 0 Å². The van der Waals surface area contributed by atoms with Crippen LogP contribution in [0.15, 0.2) is 0 Å². The van der Waals surface area contributed by atoms with E-state index in [0.717, 1.165) is 69.6 Å². The Labute approximate surface area is 380 Å². The standard InChI is InChI=1S/C55H106O6/c1-6-8-9-10-11-12-13-14-15-16-17-18-19-25-30-35-40-45-53(56)59-48-52(49-60-54(57)46-41-36-31-27-22-23-28-33-38-43-50(3)4)61-55(58)47-42-37-32-26-21-20-24-29-34-39-44-51(5)7-2/h50-52H,6-49H2,1-5H3/t51?,52-/m1/s1. The molecule has 362 valence electrons. The Hall–Kier alpha value is -1.59. The Morgan fingerprint density at radius 3 is 0.934 bits per heavy atom. The lowest BCUT2D eigenvalue weighted by Gasteiger charge is -2.18. The summed E-state index contributed by atoms with van der Waals surface area (Å²) in [6, 6.07) is 0. The van der Waals surface area contributed by atoms with Gasteiger partial charge >= 0.3 is 17.9 Å². The first-order valence-corrected chi connectivity index (χ1v) is 27.3. The number of carbonyl (C=O) groups is 3. The molecule has 0 aliphatic rings. The molecule has 0 bridgehead atoms. The molecule has 0 saturated carbocycles. The van der Waals surface area contributed by atoms with Crippen molar-refractivity contribution in [2.45, 2.75) is 310 Å². The molecule has 0 rings (SSSR count). The minimum absolute atomic E-state index is 0.0636. The van der Waals surface area contributed by atoms with Gasteiger partial charge in [-0.1, -0.05) is 266 Å². The average molecular weight is 863 g/mol. The summed E-state index contributed by atoms with van der Waals surface area (Å²) in [5.74, 6) is 0.830. The smallest absolute Gasteiger partial charge is 0.306 e. The van der Waals surface area contributed by atoms with Crippen molar-refractivity contribution in [1.29, 1.82) is 0 Å². The molecule has 1 unspecified atom stereocenters. The van der Waals surface area contributed by atoms with E-state index < -0.39 is 6.10 Å². The quantitative estimate of drug-likeness (QED) is 0.0344. The topological polar surface area (TPSA) is 78.9 Å². The maximum Gasteiger partial charge on any atom is 0.306 e. The van der Waals surface area contributed by atoms with Crippen LogP contribution in [0.2, 0.25) is 0 Å². The molecular weight excluding hydrogens is 757 g/mol. The van der Waals surface area contributed by atoms with E-state index in [-0.39, 0.29) is 31.1 Å². The van der Waals surface area contributed by atoms with Gasteiger partial charge in [-0.15, -0.1) is 0 Å². The van der Waals surface area contributed by atoms with Gasteiger partial charge in [-0.2, -0.15) is 0 Å². The molecular formula is C55H106O6. The largest absolute Gasteiger partial charge is 0.462 e. The molecule has 0 N–H and O–H groups in total. The van der Waals surface area contributed by atoms with Crippen LogP contribution >= 0.6 is 0 Å². The summed E-state index contributed by atoms with van der Waals surface area (Å²) in [6.07, 6.45) is 49.4. The van der Waals surface area contributed by atoms with Crippen LogP contribution < -0.4 is 0 Å². The van der Waals surface area contributed by atoms with Gasteiger partial charge in [-0.05, 0) is 31.1 Å². The zero-order valence-corrected chi connectivity index (χ0v) is 41.8. The van der Waals surface area contributed by atoms with Crippen molar-refractivity contribution < 1.29 is 28.6 Å². The van der Waals surface area contributed by atoms with E-state index in [2.05, 4.69) is 34.6 Å². The van der Waals surface area contributed by atoms with E-state index in [1.807, 2.05) is 0 Å². The lowest BCUT2D eigenvalue weighted by molar-refractivity contribution is -0.167. The minimum Gasteiger partial charge on any atom is -0.462 e. The summed E-state index contributed by atoms with van der Waals surface area (Å²) in [5, 5.41) is 0. The number of hydrogen-bond donors (Lipinski definition) is 0. The van der Waals surface area contributed by atoms with Crippen LogP contribution in [0.4, 0.5) is 0 Å². The number of hydrogen-bond acceptors (Lipinski definition) is 6. The number of carbonyl (C=O) groups excluding carboxylic acids is 3. The third-order valence-electron chi connectivity index (χ3n) is 12.8. The number of rotatable bonds is 49. The zero-order valence-electron chi connectivity index (χ0n) is 41.8. The molecule has 0 spiro atoms. The van der Waals surface area contributed by atoms with Crippen molar-refractivity contribution in [1.82, 2.24) is 0 Å². The van der Waals surface area contributed by atoms with Crippen LogP contribution in [0.5, 0.6) is 0 Å². The van der Waals surface area contributed by atoms with Gasteiger partial charge in [-0.3, -0.25) is 14.4 Å². The number of unbranched alkanes of at least 4 members (excludes halogenated alkanes) is 33. The first kappa shape index (κ1) is 59.4. The van der Waals surface area contributed by atoms with E-state index in [1.165, 1.54) is 193 Å². The van der Waals surface area contributed by atoms with E-state index in [9.17, 15) is 14.4 Å². The van der Waals surface area contributed by atoms with Gasteiger partial charge < -0.3 is 14.2 Å². The molecule has 0 aliphatic heterocycles. The van der Waals surface area contributed by atoms with E-state index in [0.29, 0.717) is 19.3 Å². The number of ether oxygens (including phenoxy) is 3. The third kappa shape index (κ3) is 47.7. The highest BCUT2D eigenvalue weighted by atomic mass is 16.6. The molecule has 2 atom stereocenters. The second-order valence-corrected chi connectivity index (χ2v) is 19.6. The molecule has 0 fully saturated rings. The van der Waals surface area contributed by atoms with E-state index in [4.69, 9.17) is 14.2 Å². The molecule has 0 aromatic rings. The maximum absolute atomic E-state index is 12.8. The van der Waals surface area contributed by atoms with Gasteiger partial charge in [0.1, 0.15) is 13.2 Å². The highest BCUT2D eigenvalue weighted by Gasteiger charge is 2.19. The Balaban J connectivity index is 4.30. The summed E-state index contributed by atoms with van der Waals surface area (Å²) in [5.41, 5.74) is 0. The molecule has 0 saturated heterocycles. The van der Waals surface area contributed by atoms with Gasteiger partial charge in [0.25, 0.3) is 0 Å². The summed E-state index contributed by atoms with van der Waals surface area (Å²) in [6.45, 7) is 11.4. The summed E-state index contributed by atoms with van der Waals surface area (Å²) in [4.78, 5) is 38.0. The molecule has 6 nitrogen and oxygen atoms in total. The Kier molecular flexibility index (Phi) is 46.6.